The summed E-state index contributed by atoms with van der Waals surface area (Å²) in [5.41, 5.74) is 3.19. The van der Waals surface area contributed by atoms with Gasteiger partial charge in [0.2, 0.25) is 11.9 Å². The molecule has 0 bridgehead atoms. The fourth-order valence-electron chi connectivity index (χ4n) is 4.88. The van der Waals surface area contributed by atoms with Crippen molar-refractivity contribution in [2.45, 2.75) is 38.8 Å². The van der Waals surface area contributed by atoms with E-state index in [1.807, 2.05) is 31.0 Å². The molecule has 7 nitrogen and oxygen atoms in total. The molecule has 2 N–H and O–H groups in total. The second-order valence-electron chi connectivity index (χ2n) is 8.68. The molecule has 0 unspecified atom stereocenters. The number of carbonyl (C=O) groups is 1. The number of piperazine rings is 1. The van der Waals surface area contributed by atoms with Crippen molar-refractivity contribution in [2.24, 2.45) is 0 Å². The number of fused-ring (bicyclic) bond motifs is 1. The van der Waals surface area contributed by atoms with Gasteiger partial charge in [0.05, 0.1) is 0 Å². The zero-order valence-corrected chi connectivity index (χ0v) is 17.9. The molecule has 2 aliphatic heterocycles. The molecule has 0 aliphatic carbocycles. The number of halogens is 1. The zero-order chi connectivity index (χ0) is 21.6. The van der Waals surface area contributed by atoms with Crippen LogP contribution < -0.4 is 10.2 Å². The number of amides is 1. The van der Waals surface area contributed by atoms with E-state index in [-0.39, 0.29) is 11.7 Å². The summed E-state index contributed by atoms with van der Waals surface area (Å²) >= 11 is 0. The minimum absolute atomic E-state index is 0.130. The van der Waals surface area contributed by atoms with Crippen LogP contribution in [0.5, 0.6) is 0 Å². The SMILES string of the molecule is Cc1cc(C)nc(N2CCC3(CC2)NCCN(Cc2c[nH]c4ccc(F)cc24)C3=O)n1. The standard InChI is InChI=1S/C23H27FN6O/c1-15-11-16(2)28-22(27-15)29-8-5-23(6-9-29)21(31)30(10-7-26-23)14-17-13-25-20-4-3-18(24)12-19(17)20/h3-4,11-13,25-26H,5-10,14H2,1-2H3. The Balaban J connectivity index is 1.32. The first-order chi connectivity index (χ1) is 14.9. The molecule has 0 radical (unpaired) electrons. The number of anilines is 1. The number of piperidine rings is 1. The van der Waals surface area contributed by atoms with Crippen LogP contribution in [0.2, 0.25) is 0 Å². The van der Waals surface area contributed by atoms with Gasteiger partial charge in [0.1, 0.15) is 11.4 Å². The molecule has 2 saturated heterocycles. The number of carbonyl (C=O) groups excluding carboxylic acids is 1. The number of hydrogen-bond acceptors (Lipinski definition) is 5. The molecule has 2 aromatic heterocycles. The molecule has 1 aromatic carbocycles. The van der Waals surface area contributed by atoms with Crippen LogP contribution in [0, 0.1) is 19.7 Å². The summed E-state index contributed by atoms with van der Waals surface area (Å²) in [7, 11) is 0. The van der Waals surface area contributed by atoms with Gasteiger partial charge in [-0.15, -0.1) is 0 Å². The van der Waals surface area contributed by atoms with Crippen molar-refractivity contribution < 1.29 is 9.18 Å². The minimum Gasteiger partial charge on any atom is -0.361 e. The molecule has 8 heteroatoms. The maximum atomic E-state index is 13.7. The fourth-order valence-corrected chi connectivity index (χ4v) is 4.88. The van der Waals surface area contributed by atoms with Gasteiger partial charge >= 0.3 is 0 Å². The van der Waals surface area contributed by atoms with Crippen LogP contribution in [0.3, 0.4) is 0 Å². The van der Waals surface area contributed by atoms with Gasteiger partial charge in [-0.05, 0) is 56.5 Å². The van der Waals surface area contributed by atoms with Crippen LogP contribution in [-0.2, 0) is 11.3 Å². The highest BCUT2D eigenvalue weighted by Crippen LogP contribution is 2.30. The van der Waals surface area contributed by atoms with E-state index in [1.54, 1.807) is 6.07 Å². The number of hydrogen-bond donors (Lipinski definition) is 2. The Labute approximate surface area is 180 Å². The molecule has 2 fully saturated rings. The Kier molecular flexibility index (Phi) is 4.89. The van der Waals surface area contributed by atoms with Crippen molar-refractivity contribution in [3.8, 4) is 0 Å². The van der Waals surface area contributed by atoms with Gasteiger partial charge in [0, 0.05) is 61.2 Å². The van der Waals surface area contributed by atoms with Gasteiger partial charge in [-0.1, -0.05) is 0 Å². The maximum Gasteiger partial charge on any atom is 0.243 e. The quantitative estimate of drug-likeness (QED) is 0.679. The fraction of sp³-hybridized carbons (Fsp3) is 0.435. The lowest BCUT2D eigenvalue weighted by Gasteiger charge is -2.47. The highest BCUT2D eigenvalue weighted by atomic mass is 19.1. The Bertz CT molecular complexity index is 1110. The number of rotatable bonds is 3. The van der Waals surface area contributed by atoms with E-state index < -0.39 is 5.54 Å². The Morgan fingerprint density at radius 1 is 1.10 bits per heavy atom. The van der Waals surface area contributed by atoms with Crippen molar-refractivity contribution in [1.82, 2.24) is 25.2 Å². The first-order valence-electron chi connectivity index (χ1n) is 10.8. The van der Waals surface area contributed by atoms with E-state index in [2.05, 4.69) is 25.2 Å². The lowest BCUT2D eigenvalue weighted by Crippen LogP contribution is -2.67. The number of nitrogens with one attached hydrogen (secondary N) is 2. The van der Waals surface area contributed by atoms with Crippen molar-refractivity contribution in [3.05, 3.63) is 53.2 Å². The number of benzene rings is 1. The number of H-pyrrole nitrogens is 1. The summed E-state index contributed by atoms with van der Waals surface area (Å²) in [6.45, 7) is 7.29. The highest BCUT2D eigenvalue weighted by Gasteiger charge is 2.46. The van der Waals surface area contributed by atoms with Gasteiger partial charge < -0.3 is 20.1 Å². The first kappa shape index (κ1) is 19.9. The second kappa shape index (κ2) is 7.60. The summed E-state index contributed by atoms with van der Waals surface area (Å²) in [6.07, 6.45) is 3.30. The van der Waals surface area contributed by atoms with Crippen LogP contribution in [0.15, 0.2) is 30.5 Å². The molecule has 5 rings (SSSR count). The van der Waals surface area contributed by atoms with Crippen LogP contribution in [0.4, 0.5) is 10.3 Å². The van der Waals surface area contributed by atoms with Crippen LogP contribution in [-0.4, -0.2) is 57.5 Å². The minimum atomic E-state index is -0.551. The summed E-state index contributed by atoms with van der Waals surface area (Å²) in [5, 5.41) is 4.34. The molecule has 162 valence electrons. The van der Waals surface area contributed by atoms with Crippen LogP contribution >= 0.6 is 0 Å². The largest absolute Gasteiger partial charge is 0.361 e. The van der Waals surface area contributed by atoms with E-state index in [4.69, 9.17) is 0 Å². The predicted octanol–water partition coefficient (Wildman–Crippen LogP) is 2.68. The van der Waals surface area contributed by atoms with Crippen molar-refractivity contribution in [3.63, 3.8) is 0 Å². The van der Waals surface area contributed by atoms with Crippen LogP contribution in [0.25, 0.3) is 10.9 Å². The Morgan fingerprint density at radius 2 is 1.84 bits per heavy atom. The highest BCUT2D eigenvalue weighted by molar-refractivity contribution is 5.89. The van der Waals surface area contributed by atoms with E-state index in [9.17, 15) is 9.18 Å². The number of aromatic nitrogens is 3. The predicted molar refractivity (Wildman–Crippen MR) is 117 cm³/mol. The summed E-state index contributed by atoms with van der Waals surface area (Å²) in [4.78, 5) is 29.9. The average Bonchev–Trinajstić information content (AvgIpc) is 3.13. The van der Waals surface area contributed by atoms with Crippen molar-refractivity contribution in [1.29, 1.82) is 0 Å². The number of nitrogens with zero attached hydrogens (tertiary/aromatic N) is 4. The average molecular weight is 423 g/mol. The van der Waals surface area contributed by atoms with E-state index in [0.29, 0.717) is 25.9 Å². The molecular weight excluding hydrogens is 395 g/mol. The molecule has 3 aromatic rings. The number of aromatic amines is 1. The summed E-state index contributed by atoms with van der Waals surface area (Å²) in [6, 6.07) is 6.68. The third kappa shape index (κ3) is 3.65. The monoisotopic (exact) mass is 422 g/mol. The van der Waals surface area contributed by atoms with Gasteiger partial charge in [0.25, 0.3) is 0 Å². The molecule has 1 spiro atoms. The zero-order valence-electron chi connectivity index (χ0n) is 17.9. The molecule has 31 heavy (non-hydrogen) atoms. The smallest absolute Gasteiger partial charge is 0.243 e. The first-order valence-corrected chi connectivity index (χ1v) is 10.8. The maximum absolute atomic E-state index is 13.7. The van der Waals surface area contributed by atoms with Crippen molar-refractivity contribution in [2.75, 3.05) is 31.1 Å². The third-order valence-corrected chi connectivity index (χ3v) is 6.50. The van der Waals surface area contributed by atoms with Crippen LogP contribution in [0.1, 0.15) is 29.8 Å². The lowest BCUT2D eigenvalue weighted by molar-refractivity contribution is -0.143. The van der Waals surface area contributed by atoms with Gasteiger partial charge in [0.15, 0.2) is 0 Å². The molecule has 0 atom stereocenters. The van der Waals surface area contributed by atoms with Gasteiger partial charge in [-0.2, -0.15) is 0 Å². The van der Waals surface area contributed by atoms with E-state index in [1.165, 1.54) is 12.1 Å². The molecule has 0 saturated carbocycles. The van der Waals surface area contributed by atoms with Gasteiger partial charge in [-0.3, -0.25) is 4.79 Å². The third-order valence-electron chi connectivity index (χ3n) is 6.50. The van der Waals surface area contributed by atoms with Crippen molar-refractivity contribution >= 4 is 22.8 Å². The second-order valence-corrected chi connectivity index (χ2v) is 8.68. The van der Waals surface area contributed by atoms with E-state index >= 15 is 0 Å². The lowest BCUT2D eigenvalue weighted by atomic mass is 9.84. The number of aryl methyl sites for hydroxylation is 2. The Morgan fingerprint density at radius 3 is 2.58 bits per heavy atom. The molecule has 1 amide bonds. The normalized spacial score (nSPS) is 18.9. The van der Waals surface area contributed by atoms with Gasteiger partial charge in [-0.25, -0.2) is 14.4 Å². The van der Waals surface area contributed by atoms with E-state index in [0.717, 1.165) is 53.4 Å². The summed E-state index contributed by atoms with van der Waals surface area (Å²) < 4.78 is 13.7. The summed E-state index contributed by atoms with van der Waals surface area (Å²) in [5.74, 6) is 0.608. The molecule has 4 heterocycles. The Hall–Kier alpha value is -3.00. The topological polar surface area (TPSA) is 77.2 Å². The molecular formula is C23H27FN6O. The molecule has 2 aliphatic rings.